The molecule has 0 radical (unpaired) electrons. The minimum absolute atomic E-state index is 0.146. The molecule has 1 N–H and O–H groups in total. The summed E-state index contributed by atoms with van der Waals surface area (Å²) in [5, 5.41) is 3.24. The van der Waals surface area contributed by atoms with Gasteiger partial charge in [0.05, 0.1) is 6.54 Å². The first-order valence-corrected chi connectivity index (χ1v) is 9.44. The van der Waals surface area contributed by atoms with Crippen LogP contribution in [0.5, 0.6) is 0 Å². The van der Waals surface area contributed by atoms with Crippen molar-refractivity contribution in [1.82, 2.24) is 10.2 Å². The van der Waals surface area contributed by atoms with E-state index in [1.165, 1.54) is 6.08 Å². The fourth-order valence-corrected chi connectivity index (χ4v) is 2.85. The molecule has 148 valence electrons. The van der Waals surface area contributed by atoms with Gasteiger partial charge in [0, 0.05) is 36.3 Å². The molecule has 6 heteroatoms. The maximum atomic E-state index is 12.4. The monoisotopic (exact) mass is 408 g/mol. The SMILES string of the molecule is CNC(=O)c1ccc(/C=C/C(=O)N(C)Cc2ccc(-c3ccc(Cl)cc3)o2)cc1. The lowest BCUT2D eigenvalue weighted by Gasteiger charge is -2.13. The van der Waals surface area contributed by atoms with Crippen LogP contribution in [-0.4, -0.2) is 30.8 Å². The standard InChI is InChI=1S/C23H21ClN2O3/c1-25-23(28)18-6-3-16(4-7-18)5-14-22(27)26(2)15-20-12-13-21(29-20)17-8-10-19(24)11-9-17/h3-14H,15H2,1-2H3,(H,25,28)/b14-5+. The van der Waals surface area contributed by atoms with Gasteiger partial charge in [0.2, 0.25) is 5.91 Å². The van der Waals surface area contributed by atoms with E-state index in [2.05, 4.69) is 5.32 Å². The lowest BCUT2D eigenvalue weighted by molar-refractivity contribution is -0.125. The molecule has 3 aromatic rings. The number of carbonyl (C=O) groups excluding carboxylic acids is 2. The Kier molecular flexibility index (Phi) is 6.52. The number of halogens is 1. The first kappa shape index (κ1) is 20.4. The van der Waals surface area contributed by atoms with E-state index < -0.39 is 0 Å². The van der Waals surface area contributed by atoms with Gasteiger partial charge in [0.1, 0.15) is 11.5 Å². The zero-order chi connectivity index (χ0) is 20.8. The summed E-state index contributed by atoms with van der Waals surface area (Å²) in [6.45, 7) is 0.354. The van der Waals surface area contributed by atoms with Gasteiger partial charge < -0.3 is 14.6 Å². The van der Waals surface area contributed by atoms with E-state index in [4.69, 9.17) is 16.0 Å². The van der Waals surface area contributed by atoms with Crippen LogP contribution in [0, 0.1) is 0 Å². The topological polar surface area (TPSA) is 62.6 Å². The second-order valence-corrected chi connectivity index (χ2v) is 6.94. The van der Waals surface area contributed by atoms with Crippen LogP contribution in [0.2, 0.25) is 5.02 Å². The van der Waals surface area contributed by atoms with Gasteiger partial charge in [-0.2, -0.15) is 0 Å². The maximum absolute atomic E-state index is 12.4. The third-order valence-corrected chi connectivity index (χ3v) is 4.63. The van der Waals surface area contributed by atoms with Crippen LogP contribution in [-0.2, 0) is 11.3 Å². The molecule has 1 heterocycles. The molecule has 0 spiro atoms. The summed E-state index contributed by atoms with van der Waals surface area (Å²) in [6, 6.07) is 18.1. The van der Waals surface area contributed by atoms with Crippen LogP contribution in [0.4, 0.5) is 0 Å². The summed E-state index contributed by atoms with van der Waals surface area (Å²) in [7, 11) is 3.30. The van der Waals surface area contributed by atoms with Gasteiger partial charge in [0.15, 0.2) is 0 Å². The van der Waals surface area contributed by atoms with E-state index in [9.17, 15) is 9.59 Å². The van der Waals surface area contributed by atoms with Crippen molar-refractivity contribution in [2.45, 2.75) is 6.54 Å². The van der Waals surface area contributed by atoms with Gasteiger partial charge in [-0.15, -0.1) is 0 Å². The normalized spacial score (nSPS) is 10.9. The molecule has 0 aliphatic rings. The molecule has 0 bridgehead atoms. The van der Waals surface area contributed by atoms with Gasteiger partial charge >= 0.3 is 0 Å². The molecule has 2 amide bonds. The van der Waals surface area contributed by atoms with E-state index in [0.717, 1.165) is 16.9 Å². The van der Waals surface area contributed by atoms with Gasteiger partial charge in [0.25, 0.3) is 5.91 Å². The number of hydrogen-bond donors (Lipinski definition) is 1. The Morgan fingerprint density at radius 3 is 2.38 bits per heavy atom. The molecule has 3 rings (SSSR count). The van der Waals surface area contributed by atoms with E-state index in [-0.39, 0.29) is 11.8 Å². The number of nitrogens with zero attached hydrogens (tertiary/aromatic N) is 1. The number of furan rings is 1. The first-order chi connectivity index (χ1) is 14.0. The minimum atomic E-state index is -0.148. The molecule has 1 aromatic heterocycles. The maximum Gasteiger partial charge on any atom is 0.251 e. The number of carbonyl (C=O) groups is 2. The largest absolute Gasteiger partial charge is 0.459 e. The second-order valence-electron chi connectivity index (χ2n) is 6.50. The Hall–Kier alpha value is -3.31. The number of hydrogen-bond acceptors (Lipinski definition) is 3. The summed E-state index contributed by atoms with van der Waals surface area (Å²) < 4.78 is 5.84. The fourth-order valence-electron chi connectivity index (χ4n) is 2.73. The van der Waals surface area contributed by atoms with Crippen LogP contribution >= 0.6 is 11.6 Å². The molecule has 0 fully saturated rings. The number of likely N-dealkylation sites (N-methyl/N-ethyl adjacent to an activating group) is 1. The van der Waals surface area contributed by atoms with Crippen LogP contribution in [0.25, 0.3) is 17.4 Å². The zero-order valence-electron chi connectivity index (χ0n) is 16.2. The highest BCUT2D eigenvalue weighted by Gasteiger charge is 2.10. The van der Waals surface area contributed by atoms with Crippen molar-refractivity contribution in [2.75, 3.05) is 14.1 Å². The Morgan fingerprint density at radius 2 is 1.72 bits per heavy atom. The summed E-state index contributed by atoms with van der Waals surface area (Å²) in [5.74, 6) is 1.12. The molecule has 29 heavy (non-hydrogen) atoms. The Labute approximate surface area is 174 Å². The van der Waals surface area contributed by atoms with Crippen molar-refractivity contribution in [1.29, 1.82) is 0 Å². The third kappa shape index (κ3) is 5.36. The second kappa shape index (κ2) is 9.26. The molecule has 0 saturated heterocycles. The molecule has 0 saturated carbocycles. The molecular weight excluding hydrogens is 388 g/mol. The molecule has 5 nitrogen and oxygen atoms in total. The average molecular weight is 409 g/mol. The van der Waals surface area contributed by atoms with Crippen LogP contribution < -0.4 is 5.32 Å². The smallest absolute Gasteiger partial charge is 0.251 e. The van der Waals surface area contributed by atoms with E-state index in [1.807, 2.05) is 24.3 Å². The van der Waals surface area contributed by atoms with E-state index in [1.54, 1.807) is 61.5 Å². The van der Waals surface area contributed by atoms with Crippen molar-refractivity contribution in [2.24, 2.45) is 0 Å². The summed E-state index contributed by atoms with van der Waals surface area (Å²) in [4.78, 5) is 25.5. The lowest BCUT2D eigenvalue weighted by atomic mass is 10.1. The number of rotatable bonds is 6. The van der Waals surface area contributed by atoms with Gasteiger partial charge in [-0.3, -0.25) is 9.59 Å². The summed E-state index contributed by atoms with van der Waals surface area (Å²) >= 11 is 5.91. The van der Waals surface area contributed by atoms with E-state index in [0.29, 0.717) is 22.9 Å². The van der Waals surface area contributed by atoms with Crippen molar-refractivity contribution in [3.05, 3.63) is 88.6 Å². The van der Waals surface area contributed by atoms with E-state index >= 15 is 0 Å². The van der Waals surface area contributed by atoms with Crippen molar-refractivity contribution >= 4 is 29.5 Å². The lowest BCUT2D eigenvalue weighted by Crippen LogP contribution is -2.23. The molecule has 0 unspecified atom stereocenters. The molecular formula is C23H21ClN2O3. The Balaban J connectivity index is 1.60. The molecule has 2 aromatic carbocycles. The predicted octanol–water partition coefficient (Wildman–Crippen LogP) is 4.63. The zero-order valence-corrected chi connectivity index (χ0v) is 16.9. The fraction of sp³-hybridized carbons (Fsp3) is 0.130. The number of amides is 2. The Bertz CT molecular complexity index is 1020. The average Bonchev–Trinajstić information content (AvgIpc) is 3.20. The third-order valence-electron chi connectivity index (χ3n) is 4.38. The first-order valence-electron chi connectivity index (χ1n) is 9.06. The van der Waals surface area contributed by atoms with Gasteiger partial charge in [-0.05, 0) is 60.2 Å². The molecule has 0 aliphatic carbocycles. The van der Waals surface area contributed by atoms with Crippen LogP contribution in [0.1, 0.15) is 21.7 Å². The highest BCUT2D eigenvalue weighted by atomic mass is 35.5. The highest BCUT2D eigenvalue weighted by Crippen LogP contribution is 2.24. The number of nitrogens with one attached hydrogen (secondary N) is 1. The van der Waals surface area contributed by atoms with Gasteiger partial charge in [-0.1, -0.05) is 23.7 Å². The summed E-state index contributed by atoms with van der Waals surface area (Å²) in [6.07, 6.45) is 3.21. The molecule has 0 aliphatic heterocycles. The van der Waals surface area contributed by atoms with Crippen molar-refractivity contribution < 1.29 is 14.0 Å². The number of benzene rings is 2. The minimum Gasteiger partial charge on any atom is -0.459 e. The van der Waals surface area contributed by atoms with Crippen molar-refractivity contribution in [3.63, 3.8) is 0 Å². The van der Waals surface area contributed by atoms with Crippen molar-refractivity contribution in [3.8, 4) is 11.3 Å². The Morgan fingerprint density at radius 1 is 1.03 bits per heavy atom. The van der Waals surface area contributed by atoms with Crippen LogP contribution in [0.3, 0.4) is 0 Å². The summed E-state index contributed by atoms with van der Waals surface area (Å²) in [5.41, 5.74) is 2.33. The van der Waals surface area contributed by atoms with Gasteiger partial charge in [-0.25, -0.2) is 0 Å². The quantitative estimate of drug-likeness (QED) is 0.605. The predicted molar refractivity (Wildman–Crippen MR) is 114 cm³/mol. The molecule has 0 atom stereocenters. The highest BCUT2D eigenvalue weighted by molar-refractivity contribution is 6.30. The van der Waals surface area contributed by atoms with Crippen LogP contribution in [0.15, 0.2) is 71.2 Å².